The lowest BCUT2D eigenvalue weighted by molar-refractivity contribution is -0.127. The molecule has 0 spiro atoms. The van der Waals surface area contributed by atoms with Gasteiger partial charge in [0.05, 0.1) is 13.4 Å². The summed E-state index contributed by atoms with van der Waals surface area (Å²) in [4.78, 5) is 17.5. The average Bonchev–Trinajstić information content (AvgIpc) is 3.35. The van der Waals surface area contributed by atoms with Gasteiger partial charge < -0.3 is 14.1 Å². The number of carbonyl (C=O) groups is 1. The van der Waals surface area contributed by atoms with E-state index in [0.717, 1.165) is 53.7 Å². The molecule has 0 atom stereocenters. The molecule has 1 amide bonds. The maximum absolute atomic E-state index is 13.4. The first kappa shape index (κ1) is 24.8. The van der Waals surface area contributed by atoms with Crippen molar-refractivity contribution in [2.75, 3.05) is 39.8 Å². The van der Waals surface area contributed by atoms with Gasteiger partial charge in [-0.2, -0.15) is 0 Å². The Bertz CT molecular complexity index is 1400. The van der Waals surface area contributed by atoms with Crippen molar-refractivity contribution >= 4 is 22.4 Å². The van der Waals surface area contributed by atoms with Gasteiger partial charge in [0.2, 0.25) is 5.91 Å². The highest BCUT2D eigenvalue weighted by Crippen LogP contribution is 2.37. The number of carbonyl (C=O) groups excluding carboxylic acids is 1. The van der Waals surface area contributed by atoms with Crippen molar-refractivity contribution < 1.29 is 18.3 Å². The molecule has 190 valence electrons. The standard InChI is InChI=1S/C31H31FN2O3/c1-22(18-31(35)34-16-14-33(15-17-34)13-12-23-6-4-3-5-7-23)26-19-27-28(24-8-10-25(32)11-9-24)21-37-30(27)20-29(26)36-2/h3-11,18-21H,12-17H2,1-2H3/b22-18+. The van der Waals surface area contributed by atoms with Gasteiger partial charge in [-0.05, 0) is 48.2 Å². The number of amides is 1. The number of piperazine rings is 1. The molecule has 1 aromatic heterocycles. The van der Waals surface area contributed by atoms with Crippen molar-refractivity contribution in [2.45, 2.75) is 13.3 Å². The molecule has 4 aromatic rings. The second-order valence-electron chi connectivity index (χ2n) is 9.43. The highest BCUT2D eigenvalue weighted by molar-refractivity contribution is 6.00. The number of halogens is 1. The van der Waals surface area contributed by atoms with E-state index in [9.17, 15) is 9.18 Å². The Labute approximate surface area is 216 Å². The number of allylic oxidation sites excluding steroid dienone is 1. The SMILES string of the molecule is COc1cc2occ(-c3ccc(F)cc3)c2cc1/C(C)=C/C(=O)N1CCN(CCc2ccccc2)CC1. The van der Waals surface area contributed by atoms with E-state index in [0.29, 0.717) is 24.4 Å². The van der Waals surface area contributed by atoms with Crippen molar-refractivity contribution in [1.82, 2.24) is 9.80 Å². The zero-order valence-electron chi connectivity index (χ0n) is 21.2. The Kier molecular flexibility index (Phi) is 7.37. The van der Waals surface area contributed by atoms with Crippen molar-refractivity contribution in [3.63, 3.8) is 0 Å². The minimum Gasteiger partial charge on any atom is -0.496 e. The molecule has 0 N–H and O–H groups in total. The van der Waals surface area contributed by atoms with E-state index < -0.39 is 0 Å². The second-order valence-corrected chi connectivity index (χ2v) is 9.43. The number of benzene rings is 3. The van der Waals surface area contributed by atoms with Crippen LogP contribution in [0.15, 0.2) is 83.5 Å². The number of fused-ring (bicyclic) bond motifs is 1. The average molecular weight is 499 g/mol. The Balaban J connectivity index is 1.29. The third-order valence-electron chi connectivity index (χ3n) is 7.06. The molecule has 3 aromatic carbocycles. The Morgan fingerprint density at radius 1 is 1.03 bits per heavy atom. The van der Waals surface area contributed by atoms with Crippen molar-refractivity contribution in [3.05, 3.63) is 96.0 Å². The summed E-state index contributed by atoms with van der Waals surface area (Å²) in [5, 5.41) is 0.884. The molecule has 1 saturated heterocycles. The van der Waals surface area contributed by atoms with Crippen LogP contribution in [0.2, 0.25) is 0 Å². The monoisotopic (exact) mass is 498 g/mol. The minimum absolute atomic E-state index is 0.00770. The third kappa shape index (κ3) is 5.59. The van der Waals surface area contributed by atoms with Gasteiger partial charge in [-0.3, -0.25) is 9.69 Å². The zero-order valence-corrected chi connectivity index (χ0v) is 21.2. The fourth-order valence-corrected chi connectivity index (χ4v) is 4.86. The van der Waals surface area contributed by atoms with Crippen LogP contribution >= 0.6 is 0 Å². The summed E-state index contributed by atoms with van der Waals surface area (Å²) in [6, 6.07) is 20.7. The summed E-state index contributed by atoms with van der Waals surface area (Å²) in [7, 11) is 1.61. The summed E-state index contributed by atoms with van der Waals surface area (Å²) in [6.45, 7) is 6.09. The van der Waals surface area contributed by atoms with E-state index in [1.807, 2.05) is 30.0 Å². The van der Waals surface area contributed by atoms with E-state index in [2.05, 4.69) is 29.2 Å². The normalized spacial score (nSPS) is 14.8. The number of hydrogen-bond acceptors (Lipinski definition) is 4. The summed E-state index contributed by atoms with van der Waals surface area (Å²) in [5.74, 6) is 0.362. The summed E-state index contributed by atoms with van der Waals surface area (Å²) < 4.78 is 24.8. The lowest BCUT2D eigenvalue weighted by Crippen LogP contribution is -2.48. The molecule has 0 unspecified atom stereocenters. The van der Waals surface area contributed by atoms with E-state index in [4.69, 9.17) is 9.15 Å². The topological polar surface area (TPSA) is 45.9 Å². The molecule has 5 rings (SSSR count). The maximum Gasteiger partial charge on any atom is 0.246 e. The molecular formula is C31H31FN2O3. The van der Waals surface area contributed by atoms with E-state index in [1.165, 1.54) is 17.7 Å². The van der Waals surface area contributed by atoms with Crippen LogP contribution in [0, 0.1) is 5.82 Å². The Hall–Kier alpha value is -3.90. The number of furan rings is 1. The van der Waals surface area contributed by atoms with Crippen LogP contribution in [0.1, 0.15) is 18.1 Å². The summed E-state index contributed by atoms with van der Waals surface area (Å²) in [5.41, 5.74) is 5.39. The number of nitrogens with zero attached hydrogens (tertiary/aromatic N) is 2. The molecule has 1 aliphatic rings. The predicted octanol–water partition coefficient (Wildman–Crippen LogP) is 6.04. The highest BCUT2D eigenvalue weighted by atomic mass is 19.1. The maximum atomic E-state index is 13.4. The van der Waals surface area contributed by atoms with Crippen LogP contribution in [-0.4, -0.2) is 55.5 Å². The number of methoxy groups -OCH3 is 1. The van der Waals surface area contributed by atoms with Crippen LogP contribution in [-0.2, 0) is 11.2 Å². The van der Waals surface area contributed by atoms with Gasteiger partial charge in [-0.1, -0.05) is 42.5 Å². The number of hydrogen-bond donors (Lipinski definition) is 0. The molecular weight excluding hydrogens is 467 g/mol. The number of ether oxygens (including phenoxy) is 1. The van der Waals surface area contributed by atoms with Crippen molar-refractivity contribution in [3.8, 4) is 16.9 Å². The van der Waals surface area contributed by atoms with Gasteiger partial charge in [0.15, 0.2) is 0 Å². The van der Waals surface area contributed by atoms with Crippen LogP contribution in [0.3, 0.4) is 0 Å². The molecule has 0 saturated carbocycles. The molecule has 5 nitrogen and oxygen atoms in total. The quantitative estimate of drug-likeness (QED) is 0.292. The van der Waals surface area contributed by atoms with Gasteiger partial charge in [0.25, 0.3) is 0 Å². The Morgan fingerprint density at radius 3 is 2.46 bits per heavy atom. The van der Waals surface area contributed by atoms with Crippen LogP contribution in [0.4, 0.5) is 4.39 Å². The number of rotatable bonds is 7. The second kappa shape index (κ2) is 11.0. The lowest BCUT2D eigenvalue weighted by Gasteiger charge is -2.34. The lowest BCUT2D eigenvalue weighted by atomic mass is 9.99. The predicted molar refractivity (Wildman–Crippen MR) is 145 cm³/mol. The van der Waals surface area contributed by atoms with Crippen molar-refractivity contribution in [2.24, 2.45) is 0 Å². The van der Waals surface area contributed by atoms with Gasteiger partial charge in [-0.15, -0.1) is 0 Å². The van der Waals surface area contributed by atoms with Gasteiger partial charge >= 0.3 is 0 Å². The molecule has 0 radical (unpaired) electrons. The first-order chi connectivity index (χ1) is 18.0. The fraction of sp³-hybridized carbons (Fsp3) is 0.258. The van der Waals surface area contributed by atoms with E-state index in [1.54, 1.807) is 31.6 Å². The van der Waals surface area contributed by atoms with Gasteiger partial charge in [0, 0.05) is 61.4 Å². The molecule has 1 fully saturated rings. The minimum atomic E-state index is -0.284. The zero-order chi connectivity index (χ0) is 25.8. The molecule has 1 aliphatic heterocycles. The molecule has 37 heavy (non-hydrogen) atoms. The largest absolute Gasteiger partial charge is 0.496 e. The van der Waals surface area contributed by atoms with Crippen molar-refractivity contribution in [1.29, 1.82) is 0 Å². The van der Waals surface area contributed by atoms with Gasteiger partial charge in [-0.25, -0.2) is 4.39 Å². The first-order valence-corrected chi connectivity index (χ1v) is 12.6. The smallest absolute Gasteiger partial charge is 0.246 e. The van der Waals surface area contributed by atoms with Crippen LogP contribution in [0.5, 0.6) is 5.75 Å². The summed E-state index contributed by atoms with van der Waals surface area (Å²) in [6.07, 6.45) is 4.38. The summed E-state index contributed by atoms with van der Waals surface area (Å²) >= 11 is 0. The molecule has 6 heteroatoms. The third-order valence-corrected chi connectivity index (χ3v) is 7.06. The molecule has 0 aliphatic carbocycles. The highest BCUT2D eigenvalue weighted by Gasteiger charge is 2.21. The van der Waals surface area contributed by atoms with Crippen LogP contribution in [0.25, 0.3) is 27.7 Å². The fourth-order valence-electron chi connectivity index (χ4n) is 4.86. The van der Waals surface area contributed by atoms with E-state index >= 15 is 0 Å². The Morgan fingerprint density at radius 2 is 1.76 bits per heavy atom. The molecule has 2 heterocycles. The van der Waals surface area contributed by atoms with Crippen LogP contribution < -0.4 is 4.74 Å². The van der Waals surface area contributed by atoms with E-state index in [-0.39, 0.29) is 11.7 Å². The molecule has 0 bridgehead atoms. The van der Waals surface area contributed by atoms with Gasteiger partial charge in [0.1, 0.15) is 17.1 Å². The first-order valence-electron chi connectivity index (χ1n) is 12.6.